The van der Waals surface area contributed by atoms with Gasteiger partial charge in [-0.25, -0.2) is 4.79 Å². The van der Waals surface area contributed by atoms with Gasteiger partial charge in [0.1, 0.15) is 0 Å². The third-order valence-electron chi connectivity index (χ3n) is 4.12. The zero-order chi connectivity index (χ0) is 16.8. The van der Waals surface area contributed by atoms with E-state index in [0.29, 0.717) is 0 Å². The highest BCUT2D eigenvalue weighted by Gasteiger charge is 2.38. The number of carboxylic acids is 1. The summed E-state index contributed by atoms with van der Waals surface area (Å²) in [6.07, 6.45) is 4.07. The van der Waals surface area contributed by atoms with Crippen LogP contribution in [0.15, 0.2) is 0 Å². The van der Waals surface area contributed by atoms with Crippen LogP contribution >= 0.6 is 0 Å². The number of halogens is 3. The second-order valence-corrected chi connectivity index (χ2v) is 5.85. The van der Waals surface area contributed by atoms with Crippen molar-refractivity contribution in [1.29, 1.82) is 0 Å². The molecule has 0 bridgehead atoms. The molecule has 22 heavy (non-hydrogen) atoms. The Morgan fingerprint density at radius 1 is 1.00 bits per heavy atom. The summed E-state index contributed by atoms with van der Waals surface area (Å²) in [6, 6.07) is 0.427. The fourth-order valence-electron chi connectivity index (χ4n) is 2.83. The van der Waals surface area contributed by atoms with Crippen molar-refractivity contribution in [3.63, 3.8) is 0 Å². The molecule has 2 saturated carbocycles. The van der Waals surface area contributed by atoms with E-state index >= 15 is 0 Å². The van der Waals surface area contributed by atoms with Crippen LogP contribution in [0.2, 0.25) is 0 Å². The van der Waals surface area contributed by atoms with Gasteiger partial charge >= 0.3 is 12.1 Å². The molecule has 0 aromatic rings. The molecule has 0 aromatic carbocycles. The molecule has 2 fully saturated rings. The van der Waals surface area contributed by atoms with Gasteiger partial charge in [-0.05, 0) is 25.7 Å². The third-order valence-corrected chi connectivity index (χ3v) is 4.12. The van der Waals surface area contributed by atoms with E-state index in [1.165, 1.54) is 25.7 Å². The van der Waals surface area contributed by atoms with Crippen molar-refractivity contribution in [3.8, 4) is 0 Å². The van der Waals surface area contributed by atoms with Gasteiger partial charge < -0.3 is 16.2 Å². The van der Waals surface area contributed by atoms with Gasteiger partial charge in [0.15, 0.2) is 0 Å². The fraction of sp³-hybridized carbons (Fsp3) is 0.857. The molecule has 0 aliphatic heterocycles. The lowest BCUT2D eigenvalue weighted by Gasteiger charge is -2.30. The van der Waals surface area contributed by atoms with Crippen LogP contribution in [-0.2, 0) is 9.59 Å². The molecule has 0 heterocycles. The Bertz CT molecular complexity index is 382. The summed E-state index contributed by atoms with van der Waals surface area (Å²) in [4.78, 5) is 20.8. The Hall–Kier alpha value is -1.31. The van der Waals surface area contributed by atoms with Gasteiger partial charge in [-0.2, -0.15) is 13.2 Å². The quantitative estimate of drug-likeness (QED) is 0.726. The van der Waals surface area contributed by atoms with Crippen molar-refractivity contribution in [2.24, 2.45) is 11.7 Å². The van der Waals surface area contributed by atoms with Crippen molar-refractivity contribution in [2.75, 3.05) is 0 Å². The molecule has 0 spiro atoms. The SMILES string of the molecule is N[C@H]1CCCC[C@@H]1NC(=O)C1CCCC1.O=C(O)C(F)(F)F. The normalized spacial score (nSPS) is 26.0. The summed E-state index contributed by atoms with van der Waals surface area (Å²) >= 11 is 0. The zero-order valence-electron chi connectivity index (χ0n) is 12.4. The predicted molar refractivity (Wildman–Crippen MR) is 74.0 cm³/mol. The molecule has 5 nitrogen and oxygen atoms in total. The van der Waals surface area contributed by atoms with Gasteiger partial charge in [0.25, 0.3) is 0 Å². The highest BCUT2D eigenvalue weighted by atomic mass is 19.4. The molecular formula is C14H23F3N2O3. The Balaban J connectivity index is 0.000000295. The number of nitrogens with one attached hydrogen (secondary N) is 1. The lowest BCUT2D eigenvalue weighted by molar-refractivity contribution is -0.192. The van der Waals surface area contributed by atoms with Crippen molar-refractivity contribution >= 4 is 11.9 Å². The summed E-state index contributed by atoms with van der Waals surface area (Å²) in [5.41, 5.74) is 6.01. The van der Waals surface area contributed by atoms with Gasteiger partial charge in [0.05, 0.1) is 0 Å². The van der Waals surface area contributed by atoms with Crippen molar-refractivity contribution in [3.05, 3.63) is 0 Å². The average molecular weight is 324 g/mol. The Morgan fingerprint density at radius 3 is 1.91 bits per heavy atom. The molecule has 8 heteroatoms. The Kier molecular flexibility index (Phi) is 7.12. The van der Waals surface area contributed by atoms with E-state index in [0.717, 1.165) is 25.7 Å². The Labute approximate surface area is 127 Å². The van der Waals surface area contributed by atoms with Gasteiger partial charge in [-0.3, -0.25) is 4.79 Å². The summed E-state index contributed by atoms with van der Waals surface area (Å²) in [5.74, 6) is -2.22. The van der Waals surface area contributed by atoms with Gasteiger partial charge in [0.2, 0.25) is 5.91 Å². The van der Waals surface area contributed by atoms with Gasteiger partial charge in [0, 0.05) is 18.0 Å². The number of carbonyl (C=O) groups excluding carboxylic acids is 1. The van der Waals surface area contributed by atoms with Crippen molar-refractivity contribution in [1.82, 2.24) is 5.32 Å². The molecule has 0 saturated heterocycles. The van der Waals surface area contributed by atoms with E-state index in [-0.39, 0.29) is 23.9 Å². The molecule has 0 aromatic heterocycles. The predicted octanol–water partition coefficient (Wildman–Crippen LogP) is 2.20. The standard InChI is InChI=1S/C12H22N2O.C2HF3O2/c13-10-7-3-4-8-11(10)14-12(15)9-5-1-2-6-9;3-2(4,5)1(6)7/h9-11H,1-8,13H2,(H,14,15);(H,6,7)/t10-,11-;/m0./s1. The molecule has 128 valence electrons. The van der Waals surface area contributed by atoms with Crippen molar-refractivity contribution in [2.45, 2.75) is 69.6 Å². The molecule has 2 rings (SSSR count). The number of aliphatic carboxylic acids is 1. The Morgan fingerprint density at radius 2 is 1.45 bits per heavy atom. The first-order valence-corrected chi connectivity index (χ1v) is 7.58. The second kappa shape index (κ2) is 8.36. The smallest absolute Gasteiger partial charge is 0.475 e. The number of hydrogen-bond acceptors (Lipinski definition) is 3. The fourth-order valence-corrected chi connectivity index (χ4v) is 2.83. The lowest BCUT2D eigenvalue weighted by atomic mass is 9.90. The molecule has 2 aliphatic carbocycles. The van der Waals surface area contributed by atoms with Crippen LogP contribution in [0.4, 0.5) is 13.2 Å². The van der Waals surface area contributed by atoms with E-state index in [1.54, 1.807) is 0 Å². The second-order valence-electron chi connectivity index (χ2n) is 5.85. The first-order valence-electron chi connectivity index (χ1n) is 7.58. The van der Waals surface area contributed by atoms with E-state index in [1.807, 2.05) is 0 Å². The zero-order valence-corrected chi connectivity index (χ0v) is 12.4. The number of carboxylic acid groups (broad SMARTS) is 1. The highest BCUT2D eigenvalue weighted by molar-refractivity contribution is 5.79. The molecule has 0 radical (unpaired) electrons. The summed E-state index contributed by atoms with van der Waals surface area (Å²) in [6.45, 7) is 0. The maximum atomic E-state index is 11.9. The minimum absolute atomic E-state index is 0.184. The first-order chi connectivity index (χ1) is 10.2. The lowest BCUT2D eigenvalue weighted by Crippen LogP contribution is -2.50. The van der Waals surface area contributed by atoms with Crippen LogP contribution < -0.4 is 11.1 Å². The number of hydrogen-bond donors (Lipinski definition) is 3. The van der Waals surface area contributed by atoms with E-state index < -0.39 is 12.1 Å². The maximum Gasteiger partial charge on any atom is 0.490 e. The average Bonchev–Trinajstić information content (AvgIpc) is 2.95. The van der Waals surface area contributed by atoms with E-state index in [4.69, 9.17) is 15.6 Å². The van der Waals surface area contributed by atoms with Crippen LogP contribution in [0, 0.1) is 5.92 Å². The minimum Gasteiger partial charge on any atom is -0.475 e. The van der Waals surface area contributed by atoms with Crippen LogP contribution in [-0.4, -0.2) is 35.2 Å². The monoisotopic (exact) mass is 324 g/mol. The summed E-state index contributed by atoms with van der Waals surface area (Å²) in [7, 11) is 0. The minimum atomic E-state index is -5.08. The van der Waals surface area contributed by atoms with E-state index in [2.05, 4.69) is 5.32 Å². The number of amides is 1. The maximum absolute atomic E-state index is 11.9. The van der Waals surface area contributed by atoms with Crippen LogP contribution in [0.25, 0.3) is 0 Å². The van der Waals surface area contributed by atoms with Crippen molar-refractivity contribution < 1.29 is 27.9 Å². The topological polar surface area (TPSA) is 92.4 Å². The number of nitrogens with two attached hydrogens (primary N) is 1. The van der Waals surface area contributed by atoms with Crippen LogP contribution in [0.3, 0.4) is 0 Å². The molecule has 2 aliphatic rings. The molecule has 2 atom stereocenters. The summed E-state index contributed by atoms with van der Waals surface area (Å²) < 4.78 is 31.7. The molecule has 1 amide bonds. The van der Waals surface area contributed by atoms with Crippen LogP contribution in [0.1, 0.15) is 51.4 Å². The van der Waals surface area contributed by atoms with Gasteiger partial charge in [-0.15, -0.1) is 0 Å². The van der Waals surface area contributed by atoms with Gasteiger partial charge in [-0.1, -0.05) is 25.7 Å². The van der Waals surface area contributed by atoms with E-state index in [9.17, 15) is 18.0 Å². The molecule has 0 unspecified atom stereocenters. The number of rotatable bonds is 2. The third kappa shape index (κ3) is 6.21. The number of alkyl halides is 3. The first kappa shape index (κ1) is 18.7. The highest BCUT2D eigenvalue weighted by Crippen LogP contribution is 2.25. The molecular weight excluding hydrogens is 301 g/mol. The largest absolute Gasteiger partial charge is 0.490 e. The number of carbonyl (C=O) groups is 2. The molecule has 4 N–H and O–H groups in total. The summed E-state index contributed by atoms with van der Waals surface area (Å²) in [5, 5.41) is 10.3. The van der Waals surface area contributed by atoms with Crippen LogP contribution in [0.5, 0.6) is 0 Å².